The number of piperidine rings is 1. The van der Waals surface area contributed by atoms with Crippen LogP contribution < -0.4 is 5.32 Å². The van der Waals surface area contributed by atoms with Crippen molar-refractivity contribution < 1.29 is 15.2 Å². The van der Waals surface area contributed by atoms with Crippen molar-refractivity contribution in [1.82, 2.24) is 0 Å². The van der Waals surface area contributed by atoms with Crippen LogP contribution in [0.15, 0.2) is 0 Å². The molecule has 1 aliphatic heterocycles. The molecular formula is C6H12NO2+. The van der Waals surface area contributed by atoms with Gasteiger partial charge in [-0.05, 0) is 0 Å². The third-order valence-corrected chi connectivity index (χ3v) is 1.79. The van der Waals surface area contributed by atoms with Gasteiger partial charge in [0.15, 0.2) is 0 Å². The van der Waals surface area contributed by atoms with Crippen LogP contribution in [0.1, 0.15) is 12.8 Å². The van der Waals surface area contributed by atoms with Crippen LogP contribution in [0.5, 0.6) is 0 Å². The lowest BCUT2D eigenvalue weighted by atomic mass is 9.99. The highest BCUT2D eigenvalue weighted by molar-refractivity contribution is 5.69. The molecule has 0 atom stereocenters. The predicted octanol–water partition coefficient (Wildman–Crippen LogP) is -0.956. The average molecular weight is 130 g/mol. The van der Waals surface area contributed by atoms with E-state index in [2.05, 4.69) is 5.32 Å². The molecule has 0 aromatic rings. The number of carbonyl (C=O) groups is 1. The van der Waals surface area contributed by atoms with Gasteiger partial charge < -0.3 is 10.4 Å². The Labute approximate surface area is 54.1 Å². The maximum Gasteiger partial charge on any atom is 0.306 e. The summed E-state index contributed by atoms with van der Waals surface area (Å²) in [7, 11) is 0. The number of rotatable bonds is 1. The van der Waals surface area contributed by atoms with E-state index >= 15 is 0 Å². The van der Waals surface area contributed by atoms with Crippen LogP contribution in [0.2, 0.25) is 0 Å². The zero-order chi connectivity index (χ0) is 6.69. The molecule has 0 amide bonds. The van der Waals surface area contributed by atoms with E-state index in [0.717, 1.165) is 25.9 Å². The molecule has 0 aromatic carbocycles. The Morgan fingerprint density at radius 3 is 2.33 bits per heavy atom. The van der Waals surface area contributed by atoms with Crippen molar-refractivity contribution in [3.05, 3.63) is 0 Å². The fourth-order valence-corrected chi connectivity index (χ4v) is 1.17. The van der Waals surface area contributed by atoms with Gasteiger partial charge in [0.1, 0.15) is 0 Å². The third-order valence-electron chi connectivity index (χ3n) is 1.79. The van der Waals surface area contributed by atoms with Crippen LogP contribution in [0.25, 0.3) is 0 Å². The number of hydrogen-bond donors (Lipinski definition) is 2. The Bertz CT molecular complexity index is 108. The molecule has 0 aliphatic carbocycles. The molecule has 1 fully saturated rings. The van der Waals surface area contributed by atoms with Crippen molar-refractivity contribution >= 4 is 5.97 Å². The molecule has 0 spiro atoms. The molecule has 3 N–H and O–H groups in total. The first-order valence-corrected chi connectivity index (χ1v) is 3.35. The summed E-state index contributed by atoms with van der Waals surface area (Å²) in [6, 6.07) is 0. The summed E-state index contributed by atoms with van der Waals surface area (Å²) >= 11 is 0. The molecule has 52 valence electrons. The van der Waals surface area contributed by atoms with E-state index in [-0.39, 0.29) is 5.92 Å². The molecule has 0 radical (unpaired) electrons. The Kier molecular flexibility index (Phi) is 2.05. The molecule has 1 rings (SSSR count). The van der Waals surface area contributed by atoms with Gasteiger partial charge in [-0.25, -0.2) is 0 Å². The Morgan fingerprint density at radius 1 is 1.44 bits per heavy atom. The number of hydrogen-bond acceptors (Lipinski definition) is 1. The third kappa shape index (κ3) is 1.68. The lowest BCUT2D eigenvalue weighted by Crippen LogP contribution is -2.86. The summed E-state index contributed by atoms with van der Waals surface area (Å²) in [5, 5.41) is 10.7. The molecule has 3 heteroatoms. The van der Waals surface area contributed by atoms with Crippen molar-refractivity contribution in [3.8, 4) is 0 Å². The number of carboxylic acid groups (broad SMARTS) is 1. The number of nitrogens with two attached hydrogens (primary N) is 1. The topological polar surface area (TPSA) is 53.9 Å². The lowest BCUT2D eigenvalue weighted by Gasteiger charge is -2.15. The summed E-state index contributed by atoms with van der Waals surface area (Å²) in [5.74, 6) is -0.682. The largest absolute Gasteiger partial charge is 0.481 e. The smallest absolute Gasteiger partial charge is 0.306 e. The Morgan fingerprint density at radius 2 is 2.00 bits per heavy atom. The van der Waals surface area contributed by atoms with Gasteiger partial charge in [0.2, 0.25) is 0 Å². The second-order valence-corrected chi connectivity index (χ2v) is 2.48. The zero-order valence-electron chi connectivity index (χ0n) is 5.34. The second kappa shape index (κ2) is 2.82. The van der Waals surface area contributed by atoms with E-state index < -0.39 is 5.97 Å². The molecule has 0 bridgehead atoms. The highest BCUT2D eigenvalue weighted by Gasteiger charge is 2.21. The molecular weight excluding hydrogens is 118 g/mol. The van der Waals surface area contributed by atoms with Crippen LogP contribution in [0, 0.1) is 5.92 Å². The van der Waals surface area contributed by atoms with Gasteiger partial charge in [-0.1, -0.05) is 0 Å². The Hall–Kier alpha value is -0.570. The van der Waals surface area contributed by atoms with Crippen LogP contribution in [0.3, 0.4) is 0 Å². The van der Waals surface area contributed by atoms with Gasteiger partial charge in [-0.3, -0.25) is 4.79 Å². The highest BCUT2D eigenvalue weighted by Crippen LogP contribution is 2.07. The minimum absolute atomic E-state index is 0.0602. The molecule has 1 heterocycles. The van der Waals surface area contributed by atoms with Gasteiger partial charge in [-0.2, -0.15) is 0 Å². The standard InChI is InChI=1S/C6H11NO2/c8-6(9)5-1-3-7-4-2-5/h5,7H,1-4H2,(H,8,9)/p+1. The molecule has 9 heavy (non-hydrogen) atoms. The Balaban J connectivity index is 2.31. The quantitative estimate of drug-likeness (QED) is 0.480. The SMILES string of the molecule is O=C(O)C1CC[NH2+]CC1. The number of carboxylic acids is 1. The van der Waals surface area contributed by atoms with Crippen molar-refractivity contribution in [1.29, 1.82) is 0 Å². The minimum Gasteiger partial charge on any atom is -0.481 e. The molecule has 0 saturated carbocycles. The van der Waals surface area contributed by atoms with Crippen molar-refractivity contribution in [2.75, 3.05) is 13.1 Å². The van der Waals surface area contributed by atoms with Crippen molar-refractivity contribution in [2.45, 2.75) is 12.8 Å². The zero-order valence-corrected chi connectivity index (χ0v) is 5.34. The highest BCUT2D eigenvalue weighted by atomic mass is 16.4. The van der Waals surface area contributed by atoms with Crippen molar-refractivity contribution in [3.63, 3.8) is 0 Å². The molecule has 0 aromatic heterocycles. The predicted molar refractivity (Wildman–Crippen MR) is 32.0 cm³/mol. The average Bonchev–Trinajstić information content (AvgIpc) is 1.90. The van der Waals surface area contributed by atoms with Crippen LogP contribution in [-0.4, -0.2) is 24.2 Å². The van der Waals surface area contributed by atoms with E-state index in [0.29, 0.717) is 0 Å². The van der Waals surface area contributed by atoms with Gasteiger partial charge >= 0.3 is 5.97 Å². The number of aliphatic carboxylic acids is 1. The second-order valence-electron chi connectivity index (χ2n) is 2.48. The summed E-state index contributed by atoms with van der Waals surface area (Å²) < 4.78 is 0. The fourth-order valence-electron chi connectivity index (χ4n) is 1.17. The lowest BCUT2D eigenvalue weighted by molar-refractivity contribution is -0.664. The molecule has 1 saturated heterocycles. The minimum atomic E-state index is -0.622. The van der Waals surface area contributed by atoms with Crippen LogP contribution in [0.4, 0.5) is 0 Å². The molecule has 3 nitrogen and oxygen atoms in total. The van der Waals surface area contributed by atoms with Crippen LogP contribution >= 0.6 is 0 Å². The molecule has 1 aliphatic rings. The van der Waals surface area contributed by atoms with E-state index in [1.54, 1.807) is 0 Å². The summed E-state index contributed by atoms with van der Waals surface area (Å²) in [4.78, 5) is 10.3. The summed E-state index contributed by atoms with van der Waals surface area (Å²) in [6.45, 7) is 1.97. The van der Waals surface area contributed by atoms with Gasteiger partial charge in [0.05, 0.1) is 19.0 Å². The normalized spacial score (nSPS) is 21.8. The van der Waals surface area contributed by atoms with E-state index in [1.807, 2.05) is 0 Å². The maximum atomic E-state index is 10.3. The van der Waals surface area contributed by atoms with Crippen LogP contribution in [-0.2, 0) is 4.79 Å². The van der Waals surface area contributed by atoms with Gasteiger partial charge in [-0.15, -0.1) is 0 Å². The first-order chi connectivity index (χ1) is 4.30. The van der Waals surface area contributed by atoms with E-state index in [9.17, 15) is 4.79 Å². The first-order valence-electron chi connectivity index (χ1n) is 3.35. The summed E-state index contributed by atoms with van der Waals surface area (Å²) in [6.07, 6.45) is 1.69. The van der Waals surface area contributed by atoms with Gasteiger partial charge in [0, 0.05) is 12.8 Å². The van der Waals surface area contributed by atoms with Crippen molar-refractivity contribution in [2.24, 2.45) is 5.92 Å². The summed E-state index contributed by atoms with van der Waals surface area (Å²) in [5.41, 5.74) is 0. The van der Waals surface area contributed by atoms with E-state index in [1.165, 1.54) is 0 Å². The van der Waals surface area contributed by atoms with E-state index in [4.69, 9.17) is 5.11 Å². The number of quaternary nitrogens is 1. The maximum absolute atomic E-state index is 10.3. The fraction of sp³-hybridized carbons (Fsp3) is 0.833. The monoisotopic (exact) mass is 130 g/mol. The van der Waals surface area contributed by atoms with Gasteiger partial charge in [0.25, 0.3) is 0 Å². The molecule has 0 unspecified atom stereocenters. The first kappa shape index (κ1) is 6.55.